The predicted octanol–water partition coefficient (Wildman–Crippen LogP) is 4.16. The SMILES string of the molecule is O=C(Nc1ccc(S(=O)(=O)CC2CCCCC2)cc1)c1cc(C2CC2)on1. The summed E-state index contributed by atoms with van der Waals surface area (Å²) in [5.41, 5.74) is 0.776. The highest BCUT2D eigenvalue weighted by Gasteiger charge is 2.29. The minimum atomic E-state index is -3.30. The summed E-state index contributed by atoms with van der Waals surface area (Å²) in [6.45, 7) is 0. The Morgan fingerprint density at radius 2 is 1.78 bits per heavy atom. The summed E-state index contributed by atoms with van der Waals surface area (Å²) >= 11 is 0. The van der Waals surface area contributed by atoms with Crippen LogP contribution in [-0.4, -0.2) is 25.2 Å². The van der Waals surface area contributed by atoms with Crippen molar-refractivity contribution in [2.45, 2.75) is 55.8 Å². The van der Waals surface area contributed by atoms with Crippen LogP contribution in [0.4, 0.5) is 5.69 Å². The van der Waals surface area contributed by atoms with Gasteiger partial charge in [0.05, 0.1) is 10.6 Å². The number of hydrogen-bond acceptors (Lipinski definition) is 5. The molecular weight excluding hydrogens is 364 g/mol. The largest absolute Gasteiger partial charge is 0.360 e. The fraction of sp³-hybridized carbons (Fsp3) is 0.500. The van der Waals surface area contributed by atoms with Gasteiger partial charge in [-0.3, -0.25) is 4.79 Å². The van der Waals surface area contributed by atoms with Crippen molar-refractivity contribution in [1.29, 1.82) is 0 Å². The fourth-order valence-electron chi connectivity index (χ4n) is 3.66. The molecule has 144 valence electrons. The molecule has 6 nitrogen and oxygen atoms in total. The average molecular weight is 388 g/mol. The summed E-state index contributed by atoms with van der Waals surface area (Å²) < 4.78 is 30.4. The minimum absolute atomic E-state index is 0.210. The number of nitrogens with one attached hydrogen (secondary N) is 1. The standard InChI is InChI=1S/C20H24N2O4S/c23-20(18-12-19(26-22-18)15-6-7-15)21-16-8-10-17(11-9-16)27(24,25)13-14-4-2-1-3-5-14/h8-12,14-15H,1-7,13H2,(H,21,23). The second kappa shape index (κ2) is 7.46. The highest BCUT2D eigenvalue weighted by Crippen LogP contribution is 2.40. The molecule has 7 heteroatoms. The minimum Gasteiger partial charge on any atom is -0.360 e. The molecule has 2 fully saturated rings. The molecule has 1 aromatic carbocycles. The molecule has 2 aromatic rings. The van der Waals surface area contributed by atoms with E-state index in [2.05, 4.69) is 10.5 Å². The van der Waals surface area contributed by atoms with E-state index in [1.54, 1.807) is 30.3 Å². The summed E-state index contributed by atoms with van der Waals surface area (Å²) in [5.74, 6) is 1.26. The molecule has 1 aromatic heterocycles. The number of carbonyl (C=O) groups is 1. The van der Waals surface area contributed by atoms with Crippen molar-refractivity contribution in [3.8, 4) is 0 Å². The van der Waals surface area contributed by atoms with E-state index in [1.165, 1.54) is 6.42 Å². The first-order valence-corrected chi connectivity index (χ1v) is 11.3. The Balaban J connectivity index is 1.39. The van der Waals surface area contributed by atoms with Gasteiger partial charge in [-0.15, -0.1) is 0 Å². The Kier molecular flexibility index (Phi) is 5.04. The Morgan fingerprint density at radius 3 is 2.44 bits per heavy atom. The first kappa shape index (κ1) is 18.2. The molecule has 1 amide bonds. The Hall–Kier alpha value is -2.15. The van der Waals surface area contributed by atoms with Gasteiger partial charge < -0.3 is 9.84 Å². The smallest absolute Gasteiger partial charge is 0.277 e. The molecule has 0 saturated heterocycles. The van der Waals surface area contributed by atoms with E-state index >= 15 is 0 Å². The molecule has 2 saturated carbocycles. The number of benzene rings is 1. The number of sulfone groups is 1. The van der Waals surface area contributed by atoms with Crippen molar-refractivity contribution >= 4 is 21.4 Å². The zero-order valence-corrected chi connectivity index (χ0v) is 16.0. The topological polar surface area (TPSA) is 89.3 Å². The van der Waals surface area contributed by atoms with Crippen LogP contribution < -0.4 is 5.32 Å². The van der Waals surface area contributed by atoms with E-state index in [-0.39, 0.29) is 23.3 Å². The first-order valence-electron chi connectivity index (χ1n) is 9.62. The molecule has 4 rings (SSSR count). The maximum atomic E-state index is 12.6. The highest BCUT2D eigenvalue weighted by molar-refractivity contribution is 7.91. The number of amides is 1. The molecule has 0 unspecified atom stereocenters. The second-order valence-electron chi connectivity index (χ2n) is 7.65. The van der Waals surface area contributed by atoms with Gasteiger partial charge in [0.25, 0.3) is 5.91 Å². The number of nitrogens with zero attached hydrogens (tertiary/aromatic N) is 1. The van der Waals surface area contributed by atoms with Crippen molar-refractivity contribution in [3.63, 3.8) is 0 Å². The lowest BCUT2D eigenvalue weighted by Crippen LogP contribution is -2.19. The third kappa shape index (κ3) is 4.40. The number of aromatic nitrogens is 1. The van der Waals surface area contributed by atoms with Crippen LogP contribution in [0.3, 0.4) is 0 Å². The van der Waals surface area contributed by atoms with Crippen LogP contribution >= 0.6 is 0 Å². The molecule has 27 heavy (non-hydrogen) atoms. The van der Waals surface area contributed by atoms with Crippen molar-refractivity contribution in [1.82, 2.24) is 5.16 Å². The summed E-state index contributed by atoms with van der Waals surface area (Å²) in [5, 5.41) is 6.55. The Bertz CT molecular complexity index is 908. The number of anilines is 1. The average Bonchev–Trinajstić information content (AvgIpc) is 3.39. The van der Waals surface area contributed by atoms with Gasteiger partial charge in [-0.1, -0.05) is 24.4 Å². The monoisotopic (exact) mass is 388 g/mol. The van der Waals surface area contributed by atoms with E-state index in [1.807, 2.05) is 0 Å². The van der Waals surface area contributed by atoms with Gasteiger partial charge in [-0.05, 0) is 55.9 Å². The van der Waals surface area contributed by atoms with Crippen LogP contribution in [0.5, 0.6) is 0 Å². The Labute approximate surface area is 159 Å². The van der Waals surface area contributed by atoms with Gasteiger partial charge in [0, 0.05) is 17.7 Å². The quantitative estimate of drug-likeness (QED) is 0.803. The van der Waals surface area contributed by atoms with E-state index in [9.17, 15) is 13.2 Å². The van der Waals surface area contributed by atoms with E-state index in [4.69, 9.17) is 4.52 Å². The van der Waals surface area contributed by atoms with Gasteiger partial charge in [0.1, 0.15) is 5.76 Å². The number of hydrogen-bond donors (Lipinski definition) is 1. The lowest BCUT2D eigenvalue weighted by Gasteiger charge is -2.21. The van der Waals surface area contributed by atoms with Crippen LogP contribution in [-0.2, 0) is 9.84 Å². The zero-order chi connectivity index (χ0) is 18.9. The van der Waals surface area contributed by atoms with Crippen molar-refractivity contribution in [2.75, 3.05) is 11.1 Å². The van der Waals surface area contributed by atoms with E-state index < -0.39 is 9.84 Å². The summed E-state index contributed by atoms with van der Waals surface area (Å²) in [6, 6.07) is 8.04. The predicted molar refractivity (Wildman–Crippen MR) is 102 cm³/mol. The van der Waals surface area contributed by atoms with Crippen molar-refractivity contribution < 1.29 is 17.7 Å². The maximum absolute atomic E-state index is 12.6. The summed E-state index contributed by atoms with van der Waals surface area (Å²) in [6.07, 6.45) is 7.59. The molecule has 0 bridgehead atoms. The van der Waals surface area contributed by atoms with Gasteiger partial charge in [-0.2, -0.15) is 0 Å². The molecule has 0 radical (unpaired) electrons. The van der Waals surface area contributed by atoms with Crippen molar-refractivity contribution in [2.24, 2.45) is 5.92 Å². The van der Waals surface area contributed by atoms with Gasteiger partial charge in [0.15, 0.2) is 15.5 Å². The van der Waals surface area contributed by atoms with Crippen LogP contribution in [0.2, 0.25) is 0 Å². The fourth-order valence-corrected chi connectivity index (χ4v) is 5.35. The molecular formula is C20H24N2O4S. The van der Waals surface area contributed by atoms with Crippen LogP contribution in [0.15, 0.2) is 39.8 Å². The van der Waals surface area contributed by atoms with Crippen LogP contribution in [0.25, 0.3) is 0 Å². The van der Waals surface area contributed by atoms with Gasteiger partial charge in [-0.25, -0.2) is 8.42 Å². The van der Waals surface area contributed by atoms with Crippen LogP contribution in [0, 0.1) is 5.92 Å². The molecule has 0 spiro atoms. The number of rotatable bonds is 6. The molecule has 0 aliphatic heterocycles. The molecule has 2 aliphatic rings. The lowest BCUT2D eigenvalue weighted by atomic mass is 9.91. The third-order valence-corrected chi connectivity index (χ3v) is 7.29. The van der Waals surface area contributed by atoms with Gasteiger partial charge >= 0.3 is 0 Å². The normalized spacial score (nSPS) is 18.4. The van der Waals surface area contributed by atoms with Gasteiger partial charge in [0.2, 0.25) is 0 Å². The first-order chi connectivity index (χ1) is 13.0. The highest BCUT2D eigenvalue weighted by atomic mass is 32.2. The lowest BCUT2D eigenvalue weighted by molar-refractivity contribution is 0.101. The Morgan fingerprint density at radius 1 is 1.07 bits per heavy atom. The van der Waals surface area contributed by atoms with E-state index in [0.717, 1.165) is 44.3 Å². The zero-order valence-electron chi connectivity index (χ0n) is 15.2. The third-order valence-electron chi connectivity index (χ3n) is 5.39. The molecule has 1 N–H and O–H groups in total. The summed E-state index contributed by atoms with van der Waals surface area (Å²) in [4.78, 5) is 12.6. The molecule has 1 heterocycles. The van der Waals surface area contributed by atoms with Crippen LogP contribution in [0.1, 0.15) is 67.1 Å². The summed E-state index contributed by atoms with van der Waals surface area (Å²) in [7, 11) is -3.30. The second-order valence-corrected chi connectivity index (χ2v) is 9.69. The molecule has 0 atom stereocenters. The van der Waals surface area contributed by atoms with Crippen molar-refractivity contribution in [3.05, 3.63) is 41.8 Å². The van der Waals surface area contributed by atoms with E-state index in [0.29, 0.717) is 16.5 Å². The molecule has 2 aliphatic carbocycles. The number of carbonyl (C=O) groups excluding carboxylic acids is 1. The maximum Gasteiger partial charge on any atom is 0.277 e.